The van der Waals surface area contributed by atoms with Crippen molar-refractivity contribution in [1.82, 2.24) is 24.5 Å². The van der Waals surface area contributed by atoms with Gasteiger partial charge in [-0.25, -0.2) is 15.0 Å². The van der Waals surface area contributed by atoms with Crippen molar-refractivity contribution < 1.29 is 0 Å². The highest BCUT2D eigenvalue weighted by Crippen LogP contribution is 2.34. The second kappa shape index (κ2) is 5.55. The van der Waals surface area contributed by atoms with Gasteiger partial charge in [-0.3, -0.25) is 9.55 Å². The molecule has 1 saturated heterocycles. The monoisotopic (exact) mass is 292 g/mol. The molecule has 4 heterocycles. The van der Waals surface area contributed by atoms with Gasteiger partial charge in [0.2, 0.25) is 0 Å². The van der Waals surface area contributed by atoms with Crippen molar-refractivity contribution in [2.45, 2.75) is 18.9 Å². The van der Waals surface area contributed by atoms with Crippen molar-refractivity contribution in [3.8, 4) is 5.82 Å². The van der Waals surface area contributed by atoms with Gasteiger partial charge in [-0.1, -0.05) is 6.07 Å². The molecule has 6 nitrogen and oxygen atoms in total. The smallest absolute Gasteiger partial charge is 0.147 e. The summed E-state index contributed by atoms with van der Waals surface area (Å²) in [6, 6.07) is 6.37. The molecule has 1 atom stereocenters. The SMILES string of the molecule is c1cc([C@@H]2CCCN2c2cnccn2)nc(-n2ccnc2)c1. The number of hydrogen-bond acceptors (Lipinski definition) is 5. The van der Waals surface area contributed by atoms with E-state index in [0.29, 0.717) is 0 Å². The van der Waals surface area contributed by atoms with Crippen LogP contribution >= 0.6 is 0 Å². The second-order valence-corrected chi connectivity index (χ2v) is 5.31. The Hall–Kier alpha value is -2.76. The van der Waals surface area contributed by atoms with Gasteiger partial charge in [0.05, 0.1) is 17.9 Å². The summed E-state index contributed by atoms with van der Waals surface area (Å²) in [6.07, 6.45) is 12.9. The highest BCUT2D eigenvalue weighted by atomic mass is 15.2. The van der Waals surface area contributed by atoms with Crippen molar-refractivity contribution in [3.63, 3.8) is 0 Å². The maximum Gasteiger partial charge on any atom is 0.147 e. The first-order valence-electron chi connectivity index (χ1n) is 7.40. The van der Waals surface area contributed by atoms with Crippen LogP contribution in [0.1, 0.15) is 24.6 Å². The van der Waals surface area contributed by atoms with Gasteiger partial charge in [-0.15, -0.1) is 0 Å². The summed E-state index contributed by atoms with van der Waals surface area (Å²) in [5.74, 6) is 1.81. The van der Waals surface area contributed by atoms with Crippen LogP contribution in [0, 0.1) is 0 Å². The molecule has 3 aromatic heterocycles. The van der Waals surface area contributed by atoms with Crippen LogP contribution in [0.4, 0.5) is 5.82 Å². The zero-order valence-corrected chi connectivity index (χ0v) is 12.1. The molecule has 1 fully saturated rings. The maximum atomic E-state index is 4.81. The summed E-state index contributed by atoms with van der Waals surface area (Å²) in [5.41, 5.74) is 1.06. The lowest BCUT2D eigenvalue weighted by molar-refractivity contribution is 0.683. The quantitative estimate of drug-likeness (QED) is 0.742. The maximum absolute atomic E-state index is 4.81. The fourth-order valence-corrected chi connectivity index (χ4v) is 2.95. The first-order chi connectivity index (χ1) is 10.9. The van der Waals surface area contributed by atoms with Crippen LogP contribution in [-0.4, -0.2) is 31.0 Å². The van der Waals surface area contributed by atoms with Crippen LogP contribution in [0.15, 0.2) is 55.5 Å². The Kier molecular flexibility index (Phi) is 3.27. The molecule has 22 heavy (non-hydrogen) atoms. The molecule has 3 aromatic rings. The van der Waals surface area contributed by atoms with Gasteiger partial charge in [0.15, 0.2) is 0 Å². The summed E-state index contributed by atoms with van der Waals surface area (Å²) in [4.78, 5) is 19.8. The normalized spacial score (nSPS) is 17.8. The Balaban J connectivity index is 1.68. The Morgan fingerprint density at radius 1 is 1.05 bits per heavy atom. The second-order valence-electron chi connectivity index (χ2n) is 5.31. The molecule has 1 aliphatic heterocycles. The highest BCUT2D eigenvalue weighted by Gasteiger charge is 2.28. The molecule has 0 aliphatic carbocycles. The van der Waals surface area contributed by atoms with Crippen LogP contribution in [0.3, 0.4) is 0 Å². The Morgan fingerprint density at radius 3 is 2.86 bits per heavy atom. The van der Waals surface area contributed by atoms with E-state index >= 15 is 0 Å². The predicted octanol–water partition coefficient (Wildman–Crippen LogP) is 2.40. The minimum atomic E-state index is 0.250. The van der Waals surface area contributed by atoms with E-state index in [4.69, 9.17) is 4.98 Å². The minimum absolute atomic E-state index is 0.250. The average molecular weight is 292 g/mol. The lowest BCUT2D eigenvalue weighted by Gasteiger charge is -2.25. The standard InChI is InChI=1S/C16H16N6/c1-3-13(20-15(5-1)21-10-8-18-12-21)14-4-2-9-22(14)16-11-17-6-7-19-16/h1,3,5-8,10-12,14H,2,4,9H2/t14-/m0/s1. The summed E-state index contributed by atoms with van der Waals surface area (Å²) >= 11 is 0. The van der Waals surface area contributed by atoms with Crippen LogP contribution in [0.5, 0.6) is 0 Å². The van der Waals surface area contributed by atoms with E-state index in [-0.39, 0.29) is 6.04 Å². The van der Waals surface area contributed by atoms with Crippen LogP contribution in [-0.2, 0) is 0 Å². The Bertz CT molecular complexity index is 740. The third-order valence-corrected chi connectivity index (χ3v) is 3.96. The van der Waals surface area contributed by atoms with Crippen LogP contribution in [0.25, 0.3) is 5.82 Å². The van der Waals surface area contributed by atoms with Gasteiger partial charge >= 0.3 is 0 Å². The van der Waals surface area contributed by atoms with Crippen LogP contribution < -0.4 is 4.90 Å². The number of pyridine rings is 1. The van der Waals surface area contributed by atoms with Gasteiger partial charge in [-0.05, 0) is 25.0 Å². The molecule has 6 heteroatoms. The third-order valence-electron chi connectivity index (χ3n) is 3.96. The molecule has 0 aromatic carbocycles. The van der Waals surface area contributed by atoms with E-state index in [1.54, 1.807) is 24.9 Å². The van der Waals surface area contributed by atoms with Gasteiger partial charge in [0.1, 0.15) is 18.0 Å². The molecule has 0 spiro atoms. The number of imidazole rings is 1. The number of hydrogen-bond donors (Lipinski definition) is 0. The van der Waals surface area contributed by atoms with Gasteiger partial charge in [0, 0.05) is 31.3 Å². The van der Waals surface area contributed by atoms with E-state index in [1.807, 2.05) is 29.1 Å². The molecule has 110 valence electrons. The summed E-state index contributed by atoms with van der Waals surface area (Å²) in [6.45, 7) is 0.986. The van der Waals surface area contributed by atoms with Crippen molar-refractivity contribution in [3.05, 3.63) is 61.2 Å². The van der Waals surface area contributed by atoms with E-state index < -0.39 is 0 Å². The number of nitrogens with zero attached hydrogens (tertiary/aromatic N) is 6. The van der Waals surface area contributed by atoms with Crippen LogP contribution in [0.2, 0.25) is 0 Å². The number of aromatic nitrogens is 5. The molecule has 4 rings (SSSR count). The summed E-state index contributed by atoms with van der Waals surface area (Å²) in [7, 11) is 0. The van der Waals surface area contributed by atoms with Crippen molar-refractivity contribution in [1.29, 1.82) is 0 Å². The predicted molar refractivity (Wildman–Crippen MR) is 82.7 cm³/mol. The molecular formula is C16H16N6. The van der Waals surface area contributed by atoms with E-state index in [0.717, 1.165) is 36.7 Å². The molecule has 0 amide bonds. The topological polar surface area (TPSA) is 59.7 Å². The molecule has 0 unspecified atom stereocenters. The lowest BCUT2D eigenvalue weighted by Crippen LogP contribution is -2.24. The highest BCUT2D eigenvalue weighted by molar-refractivity contribution is 5.41. The summed E-state index contributed by atoms with van der Waals surface area (Å²) in [5, 5.41) is 0. The van der Waals surface area contributed by atoms with Gasteiger partial charge < -0.3 is 4.90 Å². The van der Waals surface area contributed by atoms with E-state index in [9.17, 15) is 0 Å². The van der Waals surface area contributed by atoms with Crippen molar-refractivity contribution >= 4 is 5.82 Å². The summed E-state index contributed by atoms with van der Waals surface area (Å²) < 4.78 is 1.92. The van der Waals surface area contributed by atoms with E-state index in [2.05, 4.69) is 25.9 Å². The minimum Gasteiger partial charge on any atom is -0.347 e. The van der Waals surface area contributed by atoms with Crippen molar-refractivity contribution in [2.24, 2.45) is 0 Å². The molecule has 0 saturated carbocycles. The number of rotatable bonds is 3. The first-order valence-corrected chi connectivity index (χ1v) is 7.40. The zero-order valence-electron chi connectivity index (χ0n) is 12.1. The lowest BCUT2D eigenvalue weighted by atomic mass is 10.1. The van der Waals surface area contributed by atoms with E-state index in [1.165, 1.54) is 0 Å². The zero-order chi connectivity index (χ0) is 14.8. The van der Waals surface area contributed by atoms with Crippen molar-refractivity contribution in [2.75, 3.05) is 11.4 Å². The fraction of sp³-hybridized carbons (Fsp3) is 0.250. The molecular weight excluding hydrogens is 276 g/mol. The Morgan fingerprint density at radius 2 is 2.05 bits per heavy atom. The molecule has 0 bridgehead atoms. The molecule has 0 radical (unpaired) electrons. The Labute approximate surface area is 128 Å². The number of anilines is 1. The largest absolute Gasteiger partial charge is 0.347 e. The molecule has 0 N–H and O–H groups in total. The fourth-order valence-electron chi connectivity index (χ4n) is 2.95. The average Bonchev–Trinajstić information content (AvgIpc) is 3.27. The third kappa shape index (κ3) is 2.32. The van der Waals surface area contributed by atoms with Gasteiger partial charge in [0.25, 0.3) is 0 Å². The van der Waals surface area contributed by atoms with Gasteiger partial charge in [-0.2, -0.15) is 0 Å². The first kappa shape index (κ1) is 12.9. The molecule has 1 aliphatic rings.